The molecule has 1 rings (SSSR count). The van der Waals surface area contributed by atoms with Crippen LogP contribution in [0.3, 0.4) is 0 Å². The Balaban J connectivity index is 3.15. The van der Waals surface area contributed by atoms with Crippen molar-refractivity contribution >= 4 is 11.5 Å². The molecule has 0 saturated heterocycles. The molecular formula is C7H9F3N4O. The molecular weight excluding hydrogens is 213 g/mol. The van der Waals surface area contributed by atoms with E-state index in [0.29, 0.717) is 0 Å². The number of nitrogen functional groups attached to an aromatic ring is 2. The molecule has 1 heterocycles. The molecule has 0 aromatic carbocycles. The predicted molar refractivity (Wildman–Crippen MR) is 47.6 cm³/mol. The number of rotatable bonds is 2. The van der Waals surface area contributed by atoms with Gasteiger partial charge >= 0.3 is 6.36 Å². The van der Waals surface area contributed by atoms with Crippen LogP contribution in [-0.4, -0.2) is 11.3 Å². The Labute approximate surface area is 83.0 Å². The SMILES string of the molecule is NCc1c(N)cc(N)nc1OC(F)(F)F. The zero-order valence-corrected chi connectivity index (χ0v) is 7.51. The number of halogens is 3. The highest BCUT2D eigenvalue weighted by molar-refractivity contribution is 5.57. The van der Waals surface area contributed by atoms with Gasteiger partial charge in [0.25, 0.3) is 0 Å². The zero-order chi connectivity index (χ0) is 11.6. The molecule has 8 heteroatoms. The standard InChI is InChI=1S/C7H9F3N4O/c8-7(9,10)15-6-3(2-11)4(12)1-5(13)14-6/h1H,2,11H2,(H4,12,13,14). The molecule has 0 atom stereocenters. The summed E-state index contributed by atoms with van der Waals surface area (Å²) in [5.74, 6) is -0.869. The normalized spacial score (nSPS) is 11.5. The van der Waals surface area contributed by atoms with E-state index in [1.807, 2.05) is 0 Å². The minimum Gasteiger partial charge on any atom is -0.398 e. The first-order chi connectivity index (χ1) is 6.83. The van der Waals surface area contributed by atoms with Crippen molar-refractivity contribution in [2.45, 2.75) is 12.9 Å². The summed E-state index contributed by atoms with van der Waals surface area (Å²) < 4.78 is 39.4. The fourth-order valence-corrected chi connectivity index (χ4v) is 0.986. The molecule has 0 amide bonds. The highest BCUT2D eigenvalue weighted by atomic mass is 19.4. The van der Waals surface area contributed by atoms with Crippen LogP contribution in [0.2, 0.25) is 0 Å². The van der Waals surface area contributed by atoms with Crippen LogP contribution in [-0.2, 0) is 6.54 Å². The zero-order valence-electron chi connectivity index (χ0n) is 7.51. The van der Waals surface area contributed by atoms with Crippen LogP contribution in [0, 0.1) is 0 Å². The van der Waals surface area contributed by atoms with E-state index in [0.717, 1.165) is 0 Å². The van der Waals surface area contributed by atoms with Crippen LogP contribution in [0.1, 0.15) is 5.56 Å². The fraction of sp³-hybridized carbons (Fsp3) is 0.286. The van der Waals surface area contributed by atoms with Gasteiger partial charge in [0.2, 0.25) is 5.88 Å². The average molecular weight is 222 g/mol. The molecule has 84 valence electrons. The van der Waals surface area contributed by atoms with Crippen molar-refractivity contribution < 1.29 is 17.9 Å². The highest BCUT2D eigenvalue weighted by Gasteiger charge is 2.33. The summed E-state index contributed by atoms with van der Waals surface area (Å²) in [7, 11) is 0. The van der Waals surface area contributed by atoms with Crippen molar-refractivity contribution in [2.24, 2.45) is 5.73 Å². The molecule has 0 spiro atoms. The van der Waals surface area contributed by atoms with Gasteiger partial charge in [0.1, 0.15) is 5.82 Å². The Bertz CT molecular complexity index is 366. The third-order valence-corrected chi connectivity index (χ3v) is 1.56. The summed E-state index contributed by atoms with van der Waals surface area (Å²) >= 11 is 0. The third-order valence-electron chi connectivity index (χ3n) is 1.56. The maximum atomic E-state index is 11.9. The summed E-state index contributed by atoms with van der Waals surface area (Å²) in [6.07, 6.45) is -4.85. The minimum atomic E-state index is -4.85. The van der Waals surface area contributed by atoms with E-state index in [9.17, 15) is 13.2 Å². The van der Waals surface area contributed by atoms with Crippen LogP contribution in [0.4, 0.5) is 24.7 Å². The van der Waals surface area contributed by atoms with Crippen molar-refractivity contribution in [3.8, 4) is 5.88 Å². The molecule has 0 aliphatic rings. The third kappa shape index (κ3) is 2.88. The molecule has 0 fully saturated rings. The van der Waals surface area contributed by atoms with Crippen LogP contribution < -0.4 is 21.9 Å². The number of nitrogens with zero attached hydrogens (tertiary/aromatic N) is 1. The lowest BCUT2D eigenvalue weighted by atomic mass is 10.2. The maximum absolute atomic E-state index is 11.9. The summed E-state index contributed by atoms with van der Waals surface area (Å²) in [5.41, 5.74) is 15.8. The lowest BCUT2D eigenvalue weighted by Crippen LogP contribution is -2.20. The number of anilines is 2. The Hall–Kier alpha value is -1.70. The molecule has 0 bridgehead atoms. The molecule has 1 aromatic heterocycles. The summed E-state index contributed by atoms with van der Waals surface area (Å²) in [6, 6.07) is 1.21. The minimum absolute atomic E-state index is 0.0178. The van der Waals surface area contributed by atoms with Gasteiger partial charge < -0.3 is 21.9 Å². The van der Waals surface area contributed by atoms with Gasteiger partial charge in [-0.2, -0.15) is 4.98 Å². The van der Waals surface area contributed by atoms with E-state index in [1.165, 1.54) is 6.07 Å². The van der Waals surface area contributed by atoms with E-state index in [1.54, 1.807) is 0 Å². The number of alkyl halides is 3. The first kappa shape index (κ1) is 11.4. The molecule has 0 radical (unpaired) electrons. The van der Waals surface area contributed by atoms with Gasteiger partial charge in [-0.25, -0.2) is 0 Å². The van der Waals surface area contributed by atoms with Crippen LogP contribution in [0.5, 0.6) is 5.88 Å². The lowest BCUT2D eigenvalue weighted by Gasteiger charge is -2.13. The van der Waals surface area contributed by atoms with Crippen LogP contribution >= 0.6 is 0 Å². The Morgan fingerprint density at radius 2 is 1.93 bits per heavy atom. The Morgan fingerprint density at radius 1 is 1.33 bits per heavy atom. The molecule has 0 saturated carbocycles. The monoisotopic (exact) mass is 222 g/mol. The van der Waals surface area contributed by atoms with Crippen molar-refractivity contribution in [3.63, 3.8) is 0 Å². The first-order valence-corrected chi connectivity index (χ1v) is 3.84. The smallest absolute Gasteiger partial charge is 0.398 e. The van der Waals surface area contributed by atoms with Gasteiger partial charge in [-0.1, -0.05) is 0 Å². The van der Waals surface area contributed by atoms with Gasteiger partial charge in [0.15, 0.2) is 0 Å². The van der Waals surface area contributed by atoms with E-state index in [4.69, 9.17) is 17.2 Å². The van der Waals surface area contributed by atoms with Gasteiger partial charge in [-0.05, 0) is 0 Å². The molecule has 5 nitrogen and oxygen atoms in total. The second-order valence-corrected chi connectivity index (χ2v) is 2.67. The van der Waals surface area contributed by atoms with E-state index < -0.39 is 12.2 Å². The van der Waals surface area contributed by atoms with Crippen molar-refractivity contribution in [3.05, 3.63) is 11.6 Å². The van der Waals surface area contributed by atoms with E-state index in [-0.39, 0.29) is 23.6 Å². The van der Waals surface area contributed by atoms with E-state index in [2.05, 4.69) is 9.72 Å². The highest BCUT2D eigenvalue weighted by Crippen LogP contribution is 2.28. The second kappa shape index (κ2) is 3.81. The average Bonchev–Trinajstić information content (AvgIpc) is 1.99. The van der Waals surface area contributed by atoms with Crippen molar-refractivity contribution in [2.75, 3.05) is 11.5 Å². The number of nitrogens with two attached hydrogens (primary N) is 3. The molecule has 0 aliphatic heterocycles. The first-order valence-electron chi connectivity index (χ1n) is 3.84. The molecule has 6 N–H and O–H groups in total. The second-order valence-electron chi connectivity index (χ2n) is 2.67. The van der Waals surface area contributed by atoms with E-state index >= 15 is 0 Å². The molecule has 15 heavy (non-hydrogen) atoms. The molecule has 0 unspecified atom stereocenters. The van der Waals surface area contributed by atoms with Gasteiger partial charge in [-0.3, -0.25) is 0 Å². The number of ether oxygens (including phenoxy) is 1. The largest absolute Gasteiger partial charge is 0.574 e. The van der Waals surface area contributed by atoms with Gasteiger partial charge in [0, 0.05) is 18.3 Å². The number of hydrogen-bond acceptors (Lipinski definition) is 5. The summed E-state index contributed by atoms with van der Waals surface area (Å²) in [4.78, 5) is 3.37. The Kier molecular flexibility index (Phi) is 2.89. The Morgan fingerprint density at radius 3 is 2.40 bits per heavy atom. The van der Waals surface area contributed by atoms with Crippen LogP contribution in [0.25, 0.3) is 0 Å². The molecule has 1 aromatic rings. The number of pyridine rings is 1. The topological polar surface area (TPSA) is 100 Å². The predicted octanol–water partition coefficient (Wildman–Crippen LogP) is 0.603. The fourth-order valence-electron chi connectivity index (χ4n) is 0.986. The quantitative estimate of drug-likeness (QED) is 0.680. The van der Waals surface area contributed by atoms with Crippen LogP contribution in [0.15, 0.2) is 6.07 Å². The number of aromatic nitrogens is 1. The summed E-state index contributed by atoms with van der Waals surface area (Å²) in [6.45, 7) is -0.218. The van der Waals surface area contributed by atoms with Gasteiger partial charge in [-0.15, -0.1) is 13.2 Å². The number of hydrogen-bond donors (Lipinski definition) is 3. The summed E-state index contributed by atoms with van der Waals surface area (Å²) in [5, 5.41) is 0. The maximum Gasteiger partial charge on any atom is 0.574 e. The van der Waals surface area contributed by atoms with Crippen molar-refractivity contribution in [1.82, 2.24) is 4.98 Å². The lowest BCUT2D eigenvalue weighted by molar-refractivity contribution is -0.276. The molecule has 0 aliphatic carbocycles. The van der Waals surface area contributed by atoms with Gasteiger partial charge in [0.05, 0.1) is 5.56 Å². The van der Waals surface area contributed by atoms with Crippen molar-refractivity contribution in [1.29, 1.82) is 0 Å².